The third-order valence-electron chi connectivity index (χ3n) is 2.41. The number of aromatic nitrogens is 3. The number of rotatable bonds is 2. The molecule has 5 heteroatoms. The summed E-state index contributed by atoms with van der Waals surface area (Å²) in [5.74, 6) is 1.04. The van der Waals surface area contributed by atoms with E-state index in [1.165, 1.54) is 0 Å². The molecule has 0 N–H and O–H groups in total. The molecular weight excluding hydrogens is 294 g/mol. The van der Waals surface area contributed by atoms with Crippen molar-refractivity contribution in [2.45, 2.75) is 0 Å². The average molecular weight is 302 g/mol. The molecule has 4 nitrogen and oxygen atoms in total. The summed E-state index contributed by atoms with van der Waals surface area (Å²) in [6, 6.07) is 11.6. The molecule has 0 fully saturated rings. The van der Waals surface area contributed by atoms with E-state index in [4.69, 9.17) is 4.52 Å². The smallest absolute Gasteiger partial charge is 0.258 e. The van der Waals surface area contributed by atoms with Crippen LogP contribution in [-0.2, 0) is 0 Å². The van der Waals surface area contributed by atoms with Crippen molar-refractivity contribution in [1.82, 2.24) is 15.1 Å². The minimum atomic E-state index is 0.505. The van der Waals surface area contributed by atoms with Gasteiger partial charge in [0.25, 0.3) is 5.89 Å². The molecule has 0 spiro atoms. The largest absolute Gasteiger partial charge is 0.334 e. The molecule has 2 aromatic heterocycles. The normalized spacial score (nSPS) is 10.5. The Kier molecular flexibility index (Phi) is 2.90. The van der Waals surface area contributed by atoms with Gasteiger partial charge in [-0.25, -0.2) is 0 Å². The van der Waals surface area contributed by atoms with Crippen LogP contribution in [0.25, 0.3) is 22.8 Å². The van der Waals surface area contributed by atoms with E-state index in [9.17, 15) is 0 Å². The van der Waals surface area contributed by atoms with Gasteiger partial charge in [0.2, 0.25) is 5.82 Å². The second-order valence-electron chi connectivity index (χ2n) is 3.68. The van der Waals surface area contributed by atoms with Crippen LogP contribution in [0.5, 0.6) is 0 Å². The summed E-state index contributed by atoms with van der Waals surface area (Å²) in [4.78, 5) is 8.43. The van der Waals surface area contributed by atoms with Crippen molar-refractivity contribution >= 4 is 15.9 Å². The van der Waals surface area contributed by atoms with Gasteiger partial charge in [0.15, 0.2) is 0 Å². The molecule has 2 heterocycles. The van der Waals surface area contributed by atoms with E-state index in [2.05, 4.69) is 31.1 Å². The molecule has 3 rings (SSSR count). The van der Waals surface area contributed by atoms with E-state index in [0.29, 0.717) is 11.7 Å². The third kappa shape index (κ3) is 2.17. The number of pyridine rings is 1. The van der Waals surface area contributed by atoms with Crippen molar-refractivity contribution in [3.63, 3.8) is 0 Å². The molecule has 3 aromatic rings. The maximum absolute atomic E-state index is 5.24. The standard InChI is InChI=1S/C13H8BrN3O/c14-11-6-10(7-15-8-11)12-16-13(18-17-12)9-4-2-1-3-5-9/h1-8H. The molecule has 1 aromatic carbocycles. The average Bonchev–Trinajstić information content (AvgIpc) is 2.89. The van der Waals surface area contributed by atoms with Gasteiger partial charge in [-0.15, -0.1) is 0 Å². The fraction of sp³-hybridized carbons (Fsp3) is 0. The predicted molar refractivity (Wildman–Crippen MR) is 70.7 cm³/mol. The lowest BCUT2D eigenvalue weighted by atomic mass is 10.2. The Morgan fingerprint density at radius 2 is 1.83 bits per heavy atom. The van der Waals surface area contributed by atoms with Gasteiger partial charge in [0, 0.05) is 28.0 Å². The summed E-state index contributed by atoms with van der Waals surface area (Å²) >= 11 is 3.36. The van der Waals surface area contributed by atoms with E-state index in [1.54, 1.807) is 12.4 Å². The maximum Gasteiger partial charge on any atom is 0.258 e. The molecule has 0 aliphatic rings. The monoisotopic (exact) mass is 301 g/mol. The summed E-state index contributed by atoms with van der Waals surface area (Å²) in [5.41, 5.74) is 1.72. The number of benzene rings is 1. The van der Waals surface area contributed by atoms with Gasteiger partial charge in [-0.05, 0) is 34.1 Å². The Hall–Kier alpha value is -2.01. The molecule has 0 unspecified atom stereocenters. The second kappa shape index (κ2) is 4.70. The molecule has 18 heavy (non-hydrogen) atoms. The minimum Gasteiger partial charge on any atom is -0.334 e. The molecule has 88 valence electrons. The van der Waals surface area contributed by atoms with Crippen LogP contribution in [0.4, 0.5) is 0 Å². The van der Waals surface area contributed by atoms with Crippen LogP contribution < -0.4 is 0 Å². The zero-order valence-electron chi connectivity index (χ0n) is 9.25. The van der Waals surface area contributed by atoms with Gasteiger partial charge in [-0.3, -0.25) is 4.98 Å². The minimum absolute atomic E-state index is 0.505. The van der Waals surface area contributed by atoms with Gasteiger partial charge < -0.3 is 4.52 Å². The molecule has 0 bridgehead atoms. The van der Waals surface area contributed by atoms with Crippen molar-refractivity contribution in [3.8, 4) is 22.8 Å². The number of halogens is 1. The first-order valence-electron chi connectivity index (χ1n) is 5.33. The lowest BCUT2D eigenvalue weighted by Crippen LogP contribution is -1.83. The fourth-order valence-corrected chi connectivity index (χ4v) is 1.94. The second-order valence-corrected chi connectivity index (χ2v) is 4.60. The first kappa shape index (κ1) is 11.1. The van der Waals surface area contributed by atoms with Gasteiger partial charge in [-0.1, -0.05) is 23.4 Å². The van der Waals surface area contributed by atoms with Gasteiger partial charge in [-0.2, -0.15) is 4.98 Å². The van der Waals surface area contributed by atoms with Crippen LogP contribution in [0.3, 0.4) is 0 Å². The van der Waals surface area contributed by atoms with Crippen LogP contribution in [0, 0.1) is 0 Å². The van der Waals surface area contributed by atoms with E-state index in [-0.39, 0.29) is 0 Å². The molecule has 0 atom stereocenters. The summed E-state index contributed by atoms with van der Waals surface area (Å²) < 4.78 is 6.12. The highest BCUT2D eigenvalue weighted by Crippen LogP contribution is 2.23. The van der Waals surface area contributed by atoms with Gasteiger partial charge >= 0.3 is 0 Å². The third-order valence-corrected chi connectivity index (χ3v) is 2.84. The Balaban J connectivity index is 2.00. The molecule has 0 amide bonds. The summed E-state index contributed by atoms with van der Waals surface area (Å²) in [7, 11) is 0. The van der Waals surface area contributed by atoms with Crippen molar-refractivity contribution < 1.29 is 4.52 Å². The zero-order chi connectivity index (χ0) is 12.4. The Labute approximate surface area is 112 Å². The molecule has 0 aliphatic heterocycles. The lowest BCUT2D eigenvalue weighted by Gasteiger charge is -1.93. The Morgan fingerprint density at radius 3 is 2.61 bits per heavy atom. The number of nitrogens with zero attached hydrogens (tertiary/aromatic N) is 3. The van der Waals surface area contributed by atoms with Crippen LogP contribution in [0.15, 0.2) is 57.8 Å². The van der Waals surface area contributed by atoms with Crippen LogP contribution >= 0.6 is 15.9 Å². The van der Waals surface area contributed by atoms with Crippen molar-refractivity contribution in [3.05, 3.63) is 53.3 Å². The molecule has 0 saturated carbocycles. The Morgan fingerprint density at radius 1 is 1.00 bits per heavy atom. The van der Waals surface area contributed by atoms with Gasteiger partial charge in [0.05, 0.1) is 0 Å². The molecular formula is C13H8BrN3O. The molecule has 0 saturated heterocycles. The Bertz CT molecular complexity index is 667. The highest BCUT2D eigenvalue weighted by molar-refractivity contribution is 9.10. The van der Waals surface area contributed by atoms with Crippen molar-refractivity contribution in [2.75, 3.05) is 0 Å². The predicted octanol–water partition coefficient (Wildman–Crippen LogP) is 3.56. The fourth-order valence-electron chi connectivity index (χ4n) is 1.57. The first-order valence-corrected chi connectivity index (χ1v) is 6.12. The van der Waals surface area contributed by atoms with Gasteiger partial charge in [0.1, 0.15) is 0 Å². The van der Waals surface area contributed by atoms with E-state index in [0.717, 1.165) is 15.6 Å². The summed E-state index contributed by atoms with van der Waals surface area (Å²) in [6.07, 6.45) is 3.41. The van der Waals surface area contributed by atoms with Crippen LogP contribution in [0.2, 0.25) is 0 Å². The highest BCUT2D eigenvalue weighted by Gasteiger charge is 2.10. The van der Waals surface area contributed by atoms with E-state index < -0.39 is 0 Å². The topological polar surface area (TPSA) is 51.8 Å². The quantitative estimate of drug-likeness (QED) is 0.726. The zero-order valence-corrected chi connectivity index (χ0v) is 10.8. The molecule has 0 radical (unpaired) electrons. The van der Waals surface area contributed by atoms with E-state index in [1.807, 2.05) is 36.4 Å². The number of hydrogen-bond donors (Lipinski definition) is 0. The van der Waals surface area contributed by atoms with Crippen LogP contribution in [0.1, 0.15) is 0 Å². The highest BCUT2D eigenvalue weighted by atomic mass is 79.9. The molecule has 0 aliphatic carbocycles. The van der Waals surface area contributed by atoms with Crippen molar-refractivity contribution in [2.24, 2.45) is 0 Å². The first-order chi connectivity index (χ1) is 8.83. The van der Waals surface area contributed by atoms with E-state index >= 15 is 0 Å². The number of hydrogen-bond acceptors (Lipinski definition) is 4. The van der Waals surface area contributed by atoms with Crippen LogP contribution in [-0.4, -0.2) is 15.1 Å². The maximum atomic E-state index is 5.24. The SMILES string of the molecule is Brc1cncc(-c2noc(-c3ccccc3)n2)c1. The van der Waals surface area contributed by atoms with Crippen molar-refractivity contribution in [1.29, 1.82) is 0 Å². The summed E-state index contributed by atoms with van der Waals surface area (Å²) in [5, 5.41) is 3.96. The summed E-state index contributed by atoms with van der Waals surface area (Å²) in [6.45, 7) is 0. The lowest BCUT2D eigenvalue weighted by molar-refractivity contribution is 0.432.